The number of aromatic nitrogens is 2. The molecule has 1 heterocycles. The SMILES string of the molecule is CCn1c(NNC(=O)c2ccccc2OC)nc2ccccc2c1=O. The maximum absolute atomic E-state index is 12.5. The van der Waals surface area contributed by atoms with Crippen LogP contribution in [0.5, 0.6) is 5.75 Å². The molecule has 3 rings (SSSR count). The summed E-state index contributed by atoms with van der Waals surface area (Å²) in [7, 11) is 1.50. The molecule has 3 aromatic rings. The largest absolute Gasteiger partial charge is 0.496 e. The molecule has 128 valence electrons. The molecular formula is C18H18N4O3. The van der Waals surface area contributed by atoms with E-state index in [0.29, 0.717) is 28.8 Å². The zero-order valence-corrected chi connectivity index (χ0v) is 13.9. The Morgan fingerprint density at radius 2 is 1.88 bits per heavy atom. The van der Waals surface area contributed by atoms with Gasteiger partial charge in [0.25, 0.3) is 11.5 Å². The number of para-hydroxylation sites is 2. The highest BCUT2D eigenvalue weighted by Crippen LogP contribution is 2.17. The fourth-order valence-corrected chi connectivity index (χ4v) is 2.57. The molecule has 2 N–H and O–H groups in total. The monoisotopic (exact) mass is 338 g/mol. The Morgan fingerprint density at radius 1 is 1.16 bits per heavy atom. The number of fused-ring (bicyclic) bond motifs is 1. The summed E-state index contributed by atoms with van der Waals surface area (Å²) >= 11 is 0. The van der Waals surface area contributed by atoms with E-state index in [9.17, 15) is 9.59 Å². The summed E-state index contributed by atoms with van der Waals surface area (Å²) in [5, 5.41) is 0.533. The lowest BCUT2D eigenvalue weighted by Crippen LogP contribution is -2.34. The van der Waals surface area contributed by atoms with Gasteiger partial charge in [0.15, 0.2) is 0 Å². The maximum Gasteiger partial charge on any atom is 0.273 e. The van der Waals surface area contributed by atoms with Gasteiger partial charge in [-0.3, -0.25) is 25.0 Å². The molecule has 0 radical (unpaired) electrons. The van der Waals surface area contributed by atoms with Crippen molar-refractivity contribution in [1.29, 1.82) is 0 Å². The zero-order chi connectivity index (χ0) is 17.8. The van der Waals surface area contributed by atoms with Crippen LogP contribution in [0, 0.1) is 0 Å². The van der Waals surface area contributed by atoms with E-state index in [0.717, 1.165) is 0 Å². The summed E-state index contributed by atoms with van der Waals surface area (Å²) in [6.45, 7) is 2.26. The molecule has 1 aromatic heterocycles. The number of carbonyl (C=O) groups excluding carboxylic acids is 1. The molecule has 25 heavy (non-hydrogen) atoms. The zero-order valence-electron chi connectivity index (χ0n) is 13.9. The summed E-state index contributed by atoms with van der Waals surface area (Å²) < 4.78 is 6.64. The minimum absolute atomic E-state index is 0.165. The summed E-state index contributed by atoms with van der Waals surface area (Å²) in [6.07, 6.45) is 0. The molecule has 0 atom stereocenters. The molecule has 1 amide bonds. The number of anilines is 1. The fraction of sp³-hybridized carbons (Fsp3) is 0.167. The number of hydrogen-bond donors (Lipinski definition) is 2. The number of nitrogens with one attached hydrogen (secondary N) is 2. The van der Waals surface area contributed by atoms with Crippen molar-refractivity contribution >= 4 is 22.8 Å². The number of hydrogen-bond acceptors (Lipinski definition) is 5. The van der Waals surface area contributed by atoms with Crippen molar-refractivity contribution in [3.63, 3.8) is 0 Å². The van der Waals surface area contributed by atoms with Crippen molar-refractivity contribution in [1.82, 2.24) is 15.0 Å². The summed E-state index contributed by atoms with van der Waals surface area (Å²) in [5.74, 6) is 0.345. The molecule has 0 spiro atoms. The van der Waals surface area contributed by atoms with E-state index in [-0.39, 0.29) is 17.4 Å². The minimum Gasteiger partial charge on any atom is -0.496 e. The standard InChI is InChI=1S/C18H18N4O3/c1-3-22-17(24)12-8-4-6-10-14(12)19-18(22)21-20-16(23)13-9-5-7-11-15(13)25-2/h4-11H,3H2,1-2H3,(H,19,21)(H,20,23). The van der Waals surface area contributed by atoms with Crippen LogP contribution in [0.15, 0.2) is 53.3 Å². The predicted octanol–water partition coefficient (Wildman–Crippen LogP) is 2.18. The van der Waals surface area contributed by atoms with Crippen molar-refractivity contribution in [2.75, 3.05) is 12.5 Å². The van der Waals surface area contributed by atoms with E-state index in [1.54, 1.807) is 42.5 Å². The lowest BCUT2D eigenvalue weighted by molar-refractivity contribution is 0.0959. The van der Waals surface area contributed by atoms with Gasteiger partial charge in [-0.25, -0.2) is 4.98 Å². The Bertz CT molecular complexity index is 981. The van der Waals surface area contributed by atoms with Crippen LogP contribution in [0.2, 0.25) is 0 Å². The van der Waals surface area contributed by atoms with Gasteiger partial charge in [0.2, 0.25) is 5.95 Å². The molecule has 0 saturated heterocycles. The van der Waals surface area contributed by atoms with E-state index in [2.05, 4.69) is 15.8 Å². The van der Waals surface area contributed by atoms with Gasteiger partial charge in [0, 0.05) is 6.54 Å². The van der Waals surface area contributed by atoms with Crippen molar-refractivity contribution in [3.8, 4) is 5.75 Å². The van der Waals surface area contributed by atoms with Crippen LogP contribution < -0.4 is 21.1 Å². The second kappa shape index (κ2) is 7.04. The van der Waals surface area contributed by atoms with Crippen molar-refractivity contribution in [3.05, 3.63) is 64.4 Å². The molecule has 0 fully saturated rings. The molecule has 0 saturated carbocycles. The van der Waals surface area contributed by atoms with Gasteiger partial charge in [-0.1, -0.05) is 24.3 Å². The van der Waals surface area contributed by atoms with E-state index in [1.807, 2.05) is 13.0 Å². The third-order valence-electron chi connectivity index (χ3n) is 3.82. The first-order valence-corrected chi connectivity index (χ1v) is 7.84. The van der Waals surface area contributed by atoms with E-state index in [4.69, 9.17) is 4.74 Å². The minimum atomic E-state index is -0.387. The number of amides is 1. The Labute approximate surface area is 144 Å². The highest BCUT2D eigenvalue weighted by Gasteiger charge is 2.13. The van der Waals surface area contributed by atoms with Crippen molar-refractivity contribution in [2.45, 2.75) is 13.5 Å². The summed E-state index contributed by atoms with van der Waals surface area (Å²) in [6, 6.07) is 14.0. The van der Waals surface area contributed by atoms with Crippen molar-refractivity contribution in [2.24, 2.45) is 0 Å². The number of carbonyl (C=O) groups is 1. The first-order chi connectivity index (χ1) is 12.2. The number of ether oxygens (including phenoxy) is 1. The molecule has 0 unspecified atom stereocenters. The smallest absolute Gasteiger partial charge is 0.273 e. The maximum atomic E-state index is 12.5. The number of hydrazine groups is 1. The third kappa shape index (κ3) is 3.16. The van der Waals surface area contributed by atoms with Gasteiger partial charge in [-0.05, 0) is 31.2 Å². The lowest BCUT2D eigenvalue weighted by Gasteiger charge is -2.14. The van der Waals surface area contributed by atoms with Crippen LogP contribution in [-0.4, -0.2) is 22.6 Å². The van der Waals surface area contributed by atoms with Crippen LogP contribution >= 0.6 is 0 Å². The number of rotatable bonds is 5. The van der Waals surface area contributed by atoms with E-state index < -0.39 is 0 Å². The Morgan fingerprint density at radius 3 is 2.64 bits per heavy atom. The average Bonchev–Trinajstić information content (AvgIpc) is 2.66. The average molecular weight is 338 g/mol. The predicted molar refractivity (Wildman–Crippen MR) is 95.8 cm³/mol. The molecule has 0 aliphatic heterocycles. The first-order valence-electron chi connectivity index (χ1n) is 7.84. The Kier molecular flexibility index (Phi) is 4.65. The molecule has 0 aliphatic carbocycles. The van der Waals surface area contributed by atoms with Gasteiger partial charge in [-0.2, -0.15) is 0 Å². The number of nitrogens with zero attached hydrogens (tertiary/aromatic N) is 2. The van der Waals surface area contributed by atoms with Crippen molar-refractivity contribution < 1.29 is 9.53 Å². The van der Waals surface area contributed by atoms with Crippen LogP contribution in [0.25, 0.3) is 10.9 Å². The lowest BCUT2D eigenvalue weighted by atomic mass is 10.2. The molecule has 2 aromatic carbocycles. The van der Waals surface area contributed by atoms with Crippen LogP contribution in [0.4, 0.5) is 5.95 Å². The second-order valence-electron chi connectivity index (χ2n) is 5.28. The molecule has 7 nitrogen and oxygen atoms in total. The Balaban J connectivity index is 1.90. The van der Waals surface area contributed by atoms with Gasteiger partial charge in [0.1, 0.15) is 5.75 Å². The van der Waals surface area contributed by atoms with E-state index >= 15 is 0 Å². The molecule has 0 bridgehead atoms. The summed E-state index contributed by atoms with van der Waals surface area (Å²) in [5.41, 5.74) is 6.08. The van der Waals surface area contributed by atoms with Crippen LogP contribution in [-0.2, 0) is 6.54 Å². The van der Waals surface area contributed by atoms with Gasteiger partial charge >= 0.3 is 0 Å². The first kappa shape index (κ1) is 16.5. The van der Waals surface area contributed by atoms with E-state index in [1.165, 1.54) is 11.7 Å². The van der Waals surface area contributed by atoms with Crippen LogP contribution in [0.3, 0.4) is 0 Å². The second-order valence-corrected chi connectivity index (χ2v) is 5.28. The number of benzene rings is 2. The molecular weight excluding hydrogens is 320 g/mol. The van der Waals surface area contributed by atoms with Gasteiger partial charge in [-0.15, -0.1) is 0 Å². The fourth-order valence-electron chi connectivity index (χ4n) is 2.57. The normalized spacial score (nSPS) is 10.5. The quantitative estimate of drug-likeness (QED) is 0.697. The third-order valence-corrected chi connectivity index (χ3v) is 3.82. The van der Waals surface area contributed by atoms with Gasteiger partial charge in [0.05, 0.1) is 23.6 Å². The molecule has 7 heteroatoms. The van der Waals surface area contributed by atoms with Crippen LogP contribution in [0.1, 0.15) is 17.3 Å². The topological polar surface area (TPSA) is 85.2 Å². The Hall–Kier alpha value is -3.35. The highest BCUT2D eigenvalue weighted by atomic mass is 16.5. The summed E-state index contributed by atoms with van der Waals surface area (Å²) in [4.78, 5) is 29.3. The highest BCUT2D eigenvalue weighted by molar-refractivity contribution is 5.97. The van der Waals surface area contributed by atoms with Gasteiger partial charge < -0.3 is 4.74 Å². The number of methoxy groups -OCH3 is 1. The molecule has 0 aliphatic rings.